The number of anilines is 1. The number of ether oxygens (including phenoxy) is 1. The highest BCUT2D eigenvalue weighted by Gasteiger charge is 2.12. The third-order valence-electron chi connectivity index (χ3n) is 2.75. The van der Waals surface area contributed by atoms with Crippen LogP contribution in [0, 0.1) is 6.92 Å². The number of benzene rings is 1. The Hall–Kier alpha value is -1.75. The number of nitrogens with two attached hydrogens (primary N) is 1. The van der Waals surface area contributed by atoms with E-state index in [1.54, 1.807) is 0 Å². The molecule has 2 rings (SSSR count). The summed E-state index contributed by atoms with van der Waals surface area (Å²) in [5, 5.41) is 8.07. The van der Waals surface area contributed by atoms with E-state index in [0.717, 1.165) is 21.9 Å². The van der Waals surface area contributed by atoms with Gasteiger partial charge in [-0.2, -0.15) is 0 Å². The predicted molar refractivity (Wildman–Crippen MR) is 73.3 cm³/mol. The maximum absolute atomic E-state index is 6.14. The van der Waals surface area contributed by atoms with Gasteiger partial charge in [0, 0.05) is 5.02 Å². The van der Waals surface area contributed by atoms with Crippen LogP contribution in [0.2, 0.25) is 5.02 Å². The molecule has 19 heavy (non-hydrogen) atoms. The molecule has 0 radical (unpaired) electrons. The largest absolute Gasteiger partial charge is 0.484 e. The number of nitrogens with zero attached hydrogens (tertiary/aromatic N) is 2. The summed E-state index contributed by atoms with van der Waals surface area (Å²) in [4.78, 5) is 0. The normalized spacial score (nSPS) is 11.0. The van der Waals surface area contributed by atoms with E-state index in [1.165, 1.54) is 0 Å². The van der Waals surface area contributed by atoms with Gasteiger partial charge in [0.15, 0.2) is 6.61 Å². The summed E-state index contributed by atoms with van der Waals surface area (Å²) < 4.78 is 10.8. The number of halogens is 1. The van der Waals surface area contributed by atoms with E-state index in [1.807, 2.05) is 19.1 Å². The van der Waals surface area contributed by atoms with Crippen molar-refractivity contribution < 1.29 is 9.15 Å². The van der Waals surface area contributed by atoms with E-state index >= 15 is 0 Å². The van der Waals surface area contributed by atoms with Crippen LogP contribution in [0.25, 0.3) is 0 Å². The third kappa shape index (κ3) is 3.17. The van der Waals surface area contributed by atoms with E-state index in [0.29, 0.717) is 11.8 Å². The van der Waals surface area contributed by atoms with Crippen molar-refractivity contribution in [2.45, 2.75) is 33.3 Å². The Labute approximate surface area is 116 Å². The monoisotopic (exact) mass is 281 g/mol. The second-order valence-corrected chi connectivity index (χ2v) is 5.02. The van der Waals surface area contributed by atoms with Gasteiger partial charge in [-0.1, -0.05) is 30.5 Å². The smallest absolute Gasteiger partial charge is 0.312 e. The molecule has 0 saturated heterocycles. The number of hydrogen-bond acceptors (Lipinski definition) is 5. The first-order chi connectivity index (χ1) is 8.97. The van der Waals surface area contributed by atoms with Gasteiger partial charge in [-0.05, 0) is 36.1 Å². The molecule has 0 unspecified atom stereocenters. The molecule has 1 heterocycles. The van der Waals surface area contributed by atoms with Gasteiger partial charge in [0.2, 0.25) is 0 Å². The van der Waals surface area contributed by atoms with Crippen LogP contribution in [0.1, 0.15) is 36.8 Å². The maximum atomic E-state index is 6.14. The lowest BCUT2D eigenvalue weighted by atomic mass is 10.0. The zero-order valence-electron chi connectivity index (χ0n) is 11.1. The van der Waals surface area contributed by atoms with E-state index in [4.69, 9.17) is 26.5 Å². The molecular formula is C13H16ClN3O2. The van der Waals surface area contributed by atoms with Gasteiger partial charge in [0.1, 0.15) is 5.75 Å². The molecule has 102 valence electrons. The Morgan fingerprint density at radius 3 is 2.68 bits per heavy atom. The number of hydrogen-bond donors (Lipinski definition) is 1. The second kappa shape index (κ2) is 5.48. The minimum absolute atomic E-state index is 0.0370. The molecule has 2 aromatic rings. The molecule has 0 aliphatic heterocycles. The number of nitrogen functional groups attached to an aromatic ring is 1. The molecule has 0 aliphatic carbocycles. The topological polar surface area (TPSA) is 74.2 Å². The minimum atomic E-state index is 0.0370. The maximum Gasteiger partial charge on any atom is 0.312 e. The van der Waals surface area contributed by atoms with E-state index in [2.05, 4.69) is 24.0 Å². The first-order valence-electron chi connectivity index (χ1n) is 5.98. The van der Waals surface area contributed by atoms with Crippen molar-refractivity contribution in [2.75, 3.05) is 5.73 Å². The van der Waals surface area contributed by atoms with Gasteiger partial charge in [0.25, 0.3) is 5.89 Å². The highest BCUT2D eigenvalue weighted by atomic mass is 35.5. The van der Waals surface area contributed by atoms with Crippen LogP contribution in [0.4, 0.5) is 6.01 Å². The second-order valence-electron chi connectivity index (χ2n) is 4.62. The first kappa shape index (κ1) is 13.7. The highest BCUT2D eigenvalue weighted by molar-refractivity contribution is 6.31. The summed E-state index contributed by atoms with van der Waals surface area (Å²) in [6.45, 7) is 6.28. The summed E-state index contributed by atoms with van der Waals surface area (Å²) in [7, 11) is 0. The van der Waals surface area contributed by atoms with Crippen molar-refractivity contribution in [1.29, 1.82) is 0 Å². The molecule has 0 bridgehead atoms. The van der Waals surface area contributed by atoms with Gasteiger partial charge >= 0.3 is 6.01 Å². The van der Waals surface area contributed by atoms with Crippen LogP contribution in [0.5, 0.6) is 5.75 Å². The zero-order valence-corrected chi connectivity index (χ0v) is 11.9. The van der Waals surface area contributed by atoms with E-state index < -0.39 is 0 Å². The van der Waals surface area contributed by atoms with E-state index in [-0.39, 0.29) is 12.6 Å². The molecule has 0 aliphatic rings. The fourth-order valence-corrected chi connectivity index (χ4v) is 1.88. The van der Waals surface area contributed by atoms with Crippen LogP contribution in [-0.4, -0.2) is 10.2 Å². The van der Waals surface area contributed by atoms with Crippen molar-refractivity contribution in [1.82, 2.24) is 10.2 Å². The lowest BCUT2D eigenvalue weighted by molar-refractivity contribution is 0.261. The number of rotatable bonds is 4. The Bertz CT molecular complexity index is 581. The van der Waals surface area contributed by atoms with Crippen LogP contribution in [0.3, 0.4) is 0 Å². The average Bonchev–Trinajstić information content (AvgIpc) is 2.76. The molecule has 2 N–H and O–H groups in total. The summed E-state index contributed by atoms with van der Waals surface area (Å²) in [6, 6.07) is 3.88. The summed E-state index contributed by atoms with van der Waals surface area (Å²) >= 11 is 6.14. The molecule has 0 fully saturated rings. The lowest BCUT2D eigenvalue weighted by Gasteiger charge is -2.15. The Balaban J connectivity index is 2.21. The summed E-state index contributed by atoms with van der Waals surface area (Å²) in [6.07, 6.45) is 0. The minimum Gasteiger partial charge on any atom is -0.484 e. The Kier molecular flexibility index (Phi) is 3.95. The molecular weight excluding hydrogens is 266 g/mol. The van der Waals surface area contributed by atoms with Crippen molar-refractivity contribution >= 4 is 17.6 Å². The first-order valence-corrected chi connectivity index (χ1v) is 6.36. The van der Waals surface area contributed by atoms with Gasteiger partial charge < -0.3 is 14.9 Å². The molecule has 5 nitrogen and oxygen atoms in total. The predicted octanol–water partition coefficient (Wildman–Crippen LogP) is 3.32. The molecule has 0 saturated carbocycles. The quantitative estimate of drug-likeness (QED) is 0.930. The van der Waals surface area contributed by atoms with Crippen LogP contribution in [-0.2, 0) is 6.61 Å². The SMILES string of the molecule is Cc1cc(OCc2nnc(N)o2)c(C(C)C)cc1Cl. The van der Waals surface area contributed by atoms with Gasteiger partial charge in [-0.25, -0.2) is 0 Å². The highest BCUT2D eigenvalue weighted by Crippen LogP contribution is 2.32. The van der Waals surface area contributed by atoms with Crippen LogP contribution in [0.15, 0.2) is 16.5 Å². The van der Waals surface area contributed by atoms with Crippen molar-refractivity contribution in [3.63, 3.8) is 0 Å². The van der Waals surface area contributed by atoms with Crippen molar-refractivity contribution in [3.05, 3.63) is 34.2 Å². The molecule has 0 spiro atoms. The van der Waals surface area contributed by atoms with Crippen molar-refractivity contribution in [2.24, 2.45) is 0 Å². The Morgan fingerprint density at radius 2 is 2.11 bits per heavy atom. The fraction of sp³-hybridized carbons (Fsp3) is 0.385. The third-order valence-corrected chi connectivity index (χ3v) is 3.15. The molecule has 1 aromatic carbocycles. The van der Waals surface area contributed by atoms with Crippen molar-refractivity contribution in [3.8, 4) is 5.75 Å². The summed E-state index contributed by atoms with van der Waals surface area (Å²) in [5.41, 5.74) is 7.36. The standard InChI is InChI=1S/C13H16ClN3O2/c1-7(2)9-5-10(14)8(3)4-11(9)18-6-12-16-17-13(15)19-12/h4-5,7H,6H2,1-3H3,(H2,15,17). The molecule has 0 atom stereocenters. The van der Waals surface area contributed by atoms with Crippen LogP contribution < -0.4 is 10.5 Å². The van der Waals surface area contributed by atoms with Crippen LogP contribution >= 0.6 is 11.6 Å². The zero-order chi connectivity index (χ0) is 14.0. The molecule has 6 heteroatoms. The lowest BCUT2D eigenvalue weighted by Crippen LogP contribution is -2.01. The fourth-order valence-electron chi connectivity index (χ4n) is 1.71. The van der Waals surface area contributed by atoms with Gasteiger partial charge in [-0.3, -0.25) is 0 Å². The Morgan fingerprint density at radius 1 is 1.37 bits per heavy atom. The summed E-state index contributed by atoms with van der Waals surface area (Å²) in [5.74, 6) is 1.43. The van der Waals surface area contributed by atoms with Gasteiger partial charge in [0.05, 0.1) is 0 Å². The average molecular weight is 282 g/mol. The molecule has 1 aromatic heterocycles. The van der Waals surface area contributed by atoms with Gasteiger partial charge in [-0.15, -0.1) is 5.10 Å². The number of aromatic nitrogens is 2. The molecule has 0 amide bonds. The number of aryl methyl sites for hydroxylation is 1. The van der Waals surface area contributed by atoms with E-state index in [9.17, 15) is 0 Å².